The van der Waals surface area contributed by atoms with Crippen molar-refractivity contribution in [2.24, 2.45) is 35.0 Å². The third-order valence-electron chi connectivity index (χ3n) is 6.48. The van der Waals surface area contributed by atoms with Crippen LogP contribution in [0.1, 0.15) is 107 Å². The topological polar surface area (TPSA) is 0 Å². The molecule has 0 nitrogen and oxygen atoms in total. The minimum Gasteiger partial charge on any atom is -0.0654 e. The van der Waals surface area contributed by atoms with E-state index in [2.05, 4.69) is 62.3 Å². The van der Waals surface area contributed by atoms with E-state index in [0.717, 1.165) is 29.6 Å². The fraction of sp³-hybridized carbons (Fsp3) is 1.00. The van der Waals surface area contributed by atoms with E-state index in [1.54, 1.807) is 0 Å². The second-order valence-corrected chi connectivity index (χ2v) is 9.13. The molecule has 0 aromatic carbocycles. The lowest BCUT2D eigenvalue weighted by molar-refractivity contribution is 0.0956. The predicted octanol–water partition coefficient (Wildman–Crippen LogP) is 7.96. The summed E-state index contributed by atoms with van der Waals surface area (Å²) in [6.45, 7) is 21.8. The summed E-state index contributed by atoms with van der Waals surface area (Å²) >= 11 is 0. The van der Waals surface area contributed by atoms with E-state index in [4.69, 9.17) is 0 Å². The first-order chi connectivity index (χ1) is 10.2. The largest absolute Gasteiger partial charge is 0.0654 e. The third-order valence-corrected chi connectivity index (χ3v) is 6.48. The van der Waals surface area contributed by atoms with Crippen LogP contribution < -0.4 is 0 Å². The number of rotatable bonds is 12. The Morgan fingerprint density at radius 1 is 0.818 bits per heavy atom. The van der Waals surface area contributed by atoms with Gasteiger partial charge in [-0.05, 0) is 60.7 Å². The lowest BCUT2D eigenvalue weighted by atomic mass is 9.65. The Bertz CT molecular complexity index is 265. The van der Waals surface area contributed by atoms with E-state index in [1.165, 1.54) is 44.9 Å². The predicted molar refractivity (Wildman–Crippen MR) is 103 cm³/mol. The highest BCUT2D eigenvalue weighted by Gasteiger charge is 2.33. The van der Waals surface area contributed by atoms with Gasteiger partial charge in [0.25, 0.3) is 0 Å². The van der Waals surface area contributed by atoms with E-state index >= 15 is 0 Å². The first kappa shape index (κ1) is 22.0. The molecule has 0 radical (unpaired) electrons. The maximum absolute atomic E-state index is 2.54. The summed E-state index contributed by atoms with van der Waals surface area (Å²) in [5, 5.41) is 0. The molecule has 22 heavy (non-hydrogen) atoms. The zero-order valence-electron chi connectivity index (χ0n) is 17.3. The van der Waals surface area contributed by atoms with Crippen molar-refractivity contribution in [1.29, 1.82) is 0 Å². The monoisotopic (exact) mass is 310 g/mol. The van der Waals surface area contributed by atoms with Crippen molar-refractivity contribution in [3.8, 4) is 0 Å². The summed E-state index contributed by atoms with van der Waals surface area (Å²) in [6, 6.07) is 0. The Hall–Kier alpha value is 0. The summed E-state index contributed by atoms with van der Waals surface area (Å²) in [5.74, 6) is 4.32. The maximum atomic E-state index is 2.54. The Morgan fingerprint density at radius 3 is 1.82 bits per heavy atom. The Kier molecular flexibility index (Phi) is 10.7. The van der Waals surface area contributed by atoms with Crippen LogP contribution in [0.15, 0.2) is 0 Å². The molecule has 0 rings (SSSR count). The van der Waals surface area contributed by atoms with Gasteiger partial charge in [0.1, 0.15) is 0 Å². The molecular weight excluding hydrogens is 264 g/mol. The number of hydrogen-bond acceptors (Lipinski definition) is 0. The lowest BCUT2D eigenvalue weighted by Gasteiger charge is -2.40. The summed E-state index contributed by atoms with van der Waals surface area (Å²) in [5.41, 5.74) is 0.521. The molecular formula is C22H46. The third kappa shape index (κ3) is 7.51. The van der Waals surface area contributed by atoms with E-state index in [0.29, 0.717) is 5.41 Å². The lowest BCUT2D eigenvalue weighted by Crippen LogP contribution is -2.31. The molecule has 0 saturated heterocycles. The highest BCUT2D eigenvalue weighted by atomic mass is 14.4. The zero-order valence-corrected chi connectivity index (χ0v) is 17.3. The molecule has 0 aromatic heterocycles. The normalized spacial score (nSPS) is 19.2. The van der Waals surface area contributed by atoms with Crippen molar-refractivity contribution >= 4 is 0 Å². The minimum atomic E-state index is 0.521. The van der Waals surface area contributed by atoms with Gasteiger partial charge in [0.2, 0.25) is 0 Å². The molecule has 0 aliphatic heterocycles. The highest BCUT2D eigenvalue weighted by Crippen LogP contribution is 2.43. The molecule has 4 unspecified atom stereocenters. The quantitative estimate of drug-likeness (QED) is 0.343. The summed E-state index contributed by atoms with van der Waals surface area (Å²) in [7, 11) is 0. The van der Waals surface area contributed by atoms with E-state index < -0.39 is 0 Å². The smallest absolute Gasteiger partial charge is 0.0277 e. The first-order valence-corrected chi connectivity index (χ1v) is 10.2. The van der Waals surface area contributed by atoms with Crippen LogP contribution in [0.5, 0.6) is 0 Å². The van der Waals surface area contributed by atoms with Crippen LogP contribution in [0.3, 0.4) is 0 Å². The van der Waals surface area contributed by atoms with Gasteiger partial charge in [-0.3, -0.25) is 0 Å². The molecule has 0 heteroatoms. The molecule has 0 amide bonds. The van der Waals surface area contributed by atoms with E-state index in [9.17, 15) is 0 Å². The van der Waals surface area contributed by atoms with Crippen LogP contribution in [-0.2, 0) is 0 Å². The first-order valence-electron chi connectivity index (χ1n) is 10.2. The van der Waals surface area contributed by atoms with Crippen molar-refractivity contribution in [2.45, 2.75) is 107 Å². The van der Waals surface area contributed by atoms with Gasteiger partial charge in [-0.25, -0.2) is 0 Å². The van der Waals surface area contributed by atoms with Crippen LogP contribution in [0.4, 0.5) is 0 Å². The molecule has 0 fully saturated rings. The Morgan fingerprint density at radius 2 is 1.41 bits per heavy atom. The van der Waals surface area contributed by atoms with Gasteiger partial charge in [0.05, 0.1) is 0 Å². The summed E-state index contributed by atoms with van der Waals surface area (Å²) in [4.78, 5) is 0. The van der Waals surface area contributed by atoms with Crippen molar-refractivity contribution < 1.29 is 0 Å². The van der Waals surface area contributed by atoms with Crippen LogP contribution >= 0.6 is 0 Å². The van der Waals surface area contributed by atoms with Crippen LogP contribution in [0.25, 0.3) is 0 Å². The van der Waals surface area contributed by atoms with Crippen molar-refractivity contribution in [3.05, 3.63) is 0 Å². The van der Waals surface area contributed by atoms with Gasteiger partial charge in [0.15, 0.2) is 0 Å². The number of hydrogen-bond donors (Lipinski definition) is 0. The standard InChI is InChI=1S/C22H46/c1-10-14-22(9,18(5)6)20(8)12-13-21(15-17(3)4)16-19(7)11-2/h17-21H,10-16H2,1-9H3. The van der Waals surface area contributed by atoms with Crippen molar-refractivity contribution in [3.63, 3.8) is 0 Å². The SMILES string of the molecule is CCCC(C)(C(C)C)C(C)CCC(CC(C)C)CC(C)CC. The molecule has 0 N–H and O–H groups in total. The fourth-order valence-corrected chi connectivity index (χ4v) is 4.19. The average Bonchev–Trinajstić information content (AvgIpc) is 2.43. The van der Waals surface area contributed by atoms with Crippen molar-refractivity contribution in [2.75, 3.05) is 0 Å². The molecule has 0 aliphatic carbocycles. The van der Waals surface area contributed by atoms with E-state index in [-0.39, 0.29) is 0 Å². The van der Waals surface area contributed by atoms with Gasteiger partial charge in [-0.15, -0.1) is 0 Å². The summed E-state index contributed by atoms with van der Waals surface area (Å²) < 4.78 is 0. The second kappa shape index (κ2) is 10.7. The molecule has 0 spiro atoms. The molecule has 134 valence electrons. The van der Waals surface area contributed by atoms with Gasteiger partial charge in [-0.2, -0.15) is 0 Å². The van der Waals surface area contributed by atoms with Gasteiger partial charge >= 0.3 is 0 Å². The van der Waals surface area contributed by atoms with Crippen LogP contribution in [0, 0.1) is 35.0 Å². The highest BCUT2D eigenvalue weighted by molar-refractivity contribution is 4.83. The Labute approximate surface area is 142 Å². The molecule has 4 atom stereocenters. The Balaban J connectivity index is 4.66. The zero-order chi connectivity index (χ0) is 17.3. The maximum Gasteiger partial charge on any atom is -0.0277 e. The second-order valence-electron chi connectivity index (χ2n) is 9.13. The molecule has 0 aliphatic rings. The molecule has 0 heterocycles. The van der Waals surface area contributed by atoms with E-state index in [1.807, 2.05) is 0 Å². The van der Waals surface area contributed by atoms with Gasteiger partial charge in [-0.1, -0.05) is 81.6 Å². The van der Waals surface area contributed by atoms with Crippen LogP contribution in [0.2, 0.25) is 0 Å². The molecule has 0 aromatic rings. The minimum absolute atomic E-state index is 0.521. The molecule has 0 saturated carbocycles. The van der Waals surface area contributed by atoms with Crippen molar-refractivity contribution in [1.82, 2.24) is 0 Å². The summed E-state index contributed by atoms with van der Waals surface area (Å²) in [6.07, 6.45) is 9.76. The van der Waals surface area contributed by atoms with Crippen LogP contribution in [-0.4, -0.2) is 0 Å². The van der Waals surface area contributed by atoms with Gasteiger partial charge in [0, 0.05) is 0 Å². The fourth-order valence-electron chi connectivity index (χ4n) is 4.19. The molecule has 0 bridgehead atoms. The average molecular weight is 311 g/mol. The van der Waals surface area contributed by atoms with Gasteiger partial charge < -0.3 is 0 Å².